The van der Waals surface area contributed by atoms with Gasteiger partial charge >= 0.3 is 0 Å². The molecule has 1 N–H and O–H groups in total. The molecule has 2 heterocycles. The second-order valence-electron chi connectivity index (χ2n) is 3.18. The van der Waals surface area contributed by atoms with Crippen LogP contribution in [0.2, 0.25) is 0 Å². The van der Waals surface area contributed by atoms with Crippen LogP contribution < -0.4 is 5.32 Å². The number of hydrogen-bond acceptors (Lipinski definition) is 6. The monoisotopic (exact) mass is 234 g/mol. The Hall–Kier alpha value is -1.94. The summed E-state index contributed by atoms with van der Waals surface area (Å²) in [6, 6.07) is 2.14. The second-order valence-corrected chi connectivity index (χ2v) is 3.95. The van der Waals surface area contributed by atoms with Gasteiger partial charge in [-0.2, -0.15) is 9.64 Å². The predicted molar refractivity (Wildman–Crippen MR) is 60.1 cm³/mol. The average Bonchev–Trinajstić information content (AvgIpc) is 2.89. The fourth-order valence-electron chi connectivity index (χ4n) is 1.26. The van der Waals surface area contributed by atoms with Gasteiger partial charge in [0.25, 0.3) is 0 Å². The Morgan fingerprint density at radius 3 is 3.19 bits per heavy atom. The molecule has 6 nitrogen and oxygen atoms in total. The molecule has 0 aliphatic heterocycles. The lowest BCUT2D eigenvalue weighted by molar-refractivity contribution is 0.609. The highest BCUT2D eigenvalue weighted by Crippen LogP contribution is 2.22. The van der Waals surface area contributed by atoms with Crippen molar-refractivity contribution < 1.29 is 0 Å². The standard InChI is InChI=1S/C9H10N6S/c1-7-8(6-10)9(16-13-7)11-2-4-15-5-3-12-14-15/h3,5,11H,2,4H2,1H3. The normalized spacial score (nSPS) is 10.0. The van der Waals surface area contributed by atoms with Gasteiger partial charge in [0, 0.05) is 12.7 Å². The number of aryl methyl sites for hydroxylation is 1. The van der Waals surface area contributed by atoms with Gasteiger partial charge < -0.3 is 5.32 Å². The maximum absolute atomic E-state index is 8.92. The topological polar surface area (TPSA) is 79.4 Å². The summed E-state index contributed by atoms with van der Waals surface area (Å²) in [4.78, 5) is 0. The van der Waals surface area contributed by atoms with Crippen molar-refractivity contribution in [3.63, 3.8) is 0 Å². The smallest absolute Gasteiger partial charge is 0.127 e. The molecule has 2 rings (SSSR count). The molecular weight excluding hydrogens is 224 g/mol. The van der Waals surface area contributed by atoms with Crippen molar-refractivity contribution in [2.75, 3.05) is 11.9 Å². The van der Waals surface area contributed by atoms with Gasteiger partial charge in [-0.25, -0.2) is 0 Å². The van der Waals surface area contributed by atoms with E-state index in [-0.39, 0.29) is 0 Å². The average molecular weight is 234 g/mol. The zero-order valence-corrected chi connectivity index (χ0v) is 9.53. The lowest BCUT2D eigenvalue weighted by atomic mass is 10.3. The summed E-state index contributed by atoms with van der Waals surface area (Å²) in [5, 5.41) is 20.5. The van der Waals surface area contributed by atoms with Gasteiger partial charge in [-0.15, -0.1) is 5.10 Å². The van der Waals surface area contributed by atoms with Crippen molar-refractivity contribution in [1.82, 2.24) is 19.4 Å². The van der Waals surface area contributed by atoms with E-state index in [1.54, 1.807) is 17.1 Å². The van der Waals surface area contributed by atoms with Gasteiger partial charge in [0.1, 0.15) is 16.6 Å². The first-order chi connectivity index (χ1) is 7.81. The SMILES string of the molecule is Cc1nsc(NCCn2ccnn2)c1C#N. The summed E-state index contributed by atoms with van der Waals surface area (Å²) >= 11 is 1.31. The van der Waals surface area contributed by atoms with E-state index in [9.17, 15) is 0 Å². The molecule has 0 radical (unpaired) electrons. The maximum atomic E-state index is 8.92. The number of hydrogen-bond donors (Lipinski definition) is 1. The van der Waals surface area contributed by atoms with E-state index < -0.39 is 0 Å². The van der Waals surface area contributed by atoms with Crippen LogP contribution in [0.3, 0.4) is 0 Å². The molecule has 0 saturated heterocycles. The second kappa shape index (κ2) is 4.72. The third-order valence-corrected chi connectivity index (χ3v) is 2.97. The number of aromatic nitrogens is 4. The molecule has 0 aromatic carbocycles. The summed E-state index contributed by atoms with van der Waals surface area (Å²) in [7, 11) is 0. The zero-order chi connectivity index (χ0) is 11.4. The van der Waals surface area contributed by atoms with Crippen molar-refractivity contribution >= 4 is 16.5 Å². The van der Waals surface area contributed by atoms with Crippen LogP contribution >= 0.6 is 11.5 Å². The molecule has 0 amide bonds. The van der Waals surface area contributed by atoms with Gasteiger partial charge in [-0.05, 0) is 18.5 Å². The van der Waals surface area contributed by atoms with Gasteiger partial charge in [-0.3, -0.25) is 4.68 Å². The Kier molecular flexibility index (Phi) is 3.12. The molecule has 0 unspecified atom stereocenters. The highest BCUT2D eigenvalue weighted by Gasteiger charge is 2.08. The van der Waals surface area contributed by atoms with E-state index in [0.29, 0.717) is 18.7 Å². The van der Waals surface area contributed by atoms with Gasteiger partial charge in [0.15, 0.2) is 0 Å². The van der Waals surface area contributed by atoms with Crippen LogP contribution in [-0.4, -0.2) is 25.9 Å². The van der Waals surface area contributed by atoms with E-state index in [4.69, 9.17) is 5.26 Å². The van der Waals surface area contributed by atoms with Crippen LogP contribution in [-0.2, 0) is 6.54 Å². The summed E-state index contributed by atoms with van der Waals surface area (Å²) in [6.45, 7) is 3.24. The van der Waals surface area contributed by atoms with Crippen LogP contribution in [0.15, 0.2) is 12.4 Å². The molecule has 2 aromatic heterocycles. The molecule has 16 heavy (non-hydrogen) atoms. The van der Waals surface area contributed by atoms with E-state index >= 15 is 0 Å². The molecule has 0 fully saturated rings. The molecule has 0 saturated carbocycles. The molecule has 0 aliphatic carbocycles. The zero-order valence-electron chi connectivity index (χ0n) is 8.71. The van der Waals surface area contributed by atoms with E-state index in [0.717, 1.165) is 10.7 Å². The van der Waals surface area contributed by atoms with Crippen LogP contribution in [0.1, 0.15) is 11.3 Å². The highest BCUT2D eigenvalue weighted by atomic mass is 32.1. The largest absolute Gasteiger partial charge is 0.373 e. The Morgan fingerprint density at radius 1 is 1.62 bits per heavy atom. The van der Waals surface area contributed by atoms with Gasteiger partial charge in [0.2, 0.25) is 0 Å². The first-order valence-corrected chi connectivity index (χ1v) is 5.53. The molecule has 0 atom stereocenters. The Bertz CT molecular complexity index is 495. The summed E-state index contributed by atoms with van der Waals surface area (Å²) in [5.74, 6) is 0. The summed E-state index contributed by atoms with van der Waals surface area (Å²) < 4.78 is 5.85. The molecule has 0 spiro atoms. The van der Waals surface area contributed by atoms with Crippen molar-refractivity contribution in [1.29, 1.82) is 5.26 Å². The first-order valence-electron chi connectivity index (χ1n) is 4.75. The molecule has 0 aliphatic rings. The van der Waals surface area contributed by atoms with Crippen LogP contribution in [0.25, 0.3) is 0 Å². The van der Waals surface area contributed by atoms with Crippen molar-refractivity contribution in [2.24, 2.45) is 0 Å². The third-order valence-electron chi connectivity index (χ3n) is 2.07. The molecule has 0 bridgehead atoms. The number of rotatable bonds is 4. The first kappa shape index (κ1) is 10.6. The number of nitrogens with one attached hydrogen (secondary N) is 1. The lowest BCUT2D eigenvalue weighted by Crippen LogP contribution is -2.10. The fraction of sp³-hybridized carbons (Fsp3) is 0.333. The van der Waals surface area contributed by atoms with Crippen LogP contribution in [0.5, 0.6) is 0 Å². The Morgan fingerprint density at radius 2 is 2.50 bits per heavy atom. The van der Waals surface area contributed by atoms with Crippen molar-refractivity contribution in [2.45, 2.75) is 13.5 Å². The quantitative estimate of drug-likeness (QED) is 0.854. The van der Waals surface area contributed by atoms with Crippen molar-refractivity contribution in [3.05, 3.63) is 23.7 Å². The minimum atomic E-state index is 0.628. The van der Waals surface area contributed by atoms with E-state index in [1.165, 1.54) is 11.5 Å². The van der Waals surface area contributed by atoms with Crippen LogP contribution in [0, 0.1) is 18.3 Å². The molecule has 2 aromatic rings. The molecule has 82 valence electrons. The highest BCUT2D eigenvalue weighted by molar-refractivity contribution is 7.10. The van der Waals surface area contributed by atoms with E-state index in [1.807, 2.05) is 6.92 Å². The maximum Gasteiger partial charge on any atom is 0.127 e. The summed E-state index contributed by atoms with van der Waals surface area (Å²) in [6.07, 6.45) is 3.43. The van der Waals surface area contributed by atoms with Crippen LogP contribution in [0.4, 0.5) is 5.00 Å². The predicted octanol–water partition coefficient (Wildman–Crippen LogP) is 1.03. The lowest BCUT2D eigenvalue weighted by Gasteiger charge is -2.02. The summed E-state index contributed by atoms with van der Waals surface area (Å²) in [5.41, 5.74) is 1.40. The number of anilines is 1. The molecular formula is C9H10N6S. The Balaban J connectivity index is 1.93. The Labute approximate surface area is 96.7 Å². The molecule has 7 heteroatoms. The fourth-order valence-corrected chi connectivity index (χ4v) is 2.03. The van der Waals surface area contributed by atoms with Gasteiger partial charge in [-0.1, -0.05) is 5.21 Å². The minimum absolute atomic E-state index is 0.628. The number of nitriles is 1. The number of nitrogens with zero attached hydrogens (tertiary/aromatic N) is 5. The van der Waals surface area contributed by atoms with E-state index in [2.05, 4.69) is 26.1 Å². The van der Waals surface area contributed by atoms with Crippen molar-refractivity contribution in [3.8, 4) is 6.07 Å². The third kappa shape index (κ3) is 2.17. The minimum Gasteiger partial charge on any atom is -0.373 e. The van der Waals surface area contributed by atoms with Gasteiger partial charge in [0.05, 0.1) is 18.4 Å².